The van der Waals surface area contributed by atoms with Gasteiger partial charge in [-0.2, -0.15) is 0 Å². The van der Waals surface area contributed by atoms with Gasteiger partial charge in [-0.05, 0) is 25.0 Å². The van der Waals surface area contributed by atoms with Crippen LogP contribution < -0.4 is 4.90 Å². The quantitative estimate of drug-likeness (QED) is 0.572. The minimum Gasteiger partial charge on any atom is -0.389 e. The van der Waals surface area contributed by atoms with Gasteiger partial charge in [0.15, 0.2) is 5.82 Å². The fraction of sp³-hybridized carbons (Fsp3) is 0.407. The van der Waals surface area contributed by atoms with E-state index < -0.39 is 6.10 Å². The number of nitrogens with zero attached hydrogens (tertiary/aromatic N) is 4. The van der Waals surface area contributed by atoms with Crippen molar-refractivity contribution in [3.05, 3.63) is 77.0 Å². The Balaban J connectivity index is 1.63. The van der Waals surface area contributed by atoms with E-state index in [4.69, 9.17) is 14.7 Å². The highest BCUT2D eigenvalue weighted by atomic mass is 16.5. The predicted octanol–water partition coefficient (Wildman–Crippen LogP) is 3.48. The van der Waals surface area contributed by atoms with Gasteiger partial charge in [0.25, 0.3) is 0 Å². The Morgan fingerprint density at radius 2 is 1.64 bits per heavy atom. The lowest BCUT2D eigenvalue weighted by Gasteiger charge is -2.37. The molecule has 0 unspecified atom stereocenters. The van der Waals surface area contributed by atoms with E-state index in [0.717, 1.165) is 55.5 Å². The summed E-state index contributed by atoms with van der Waals surface area (Å²) in [5.41, 5.74) is 5.84. The van der Waals surface area contributed by atoms with E-state index in [1.54, 1.807) is 7.11 Å². The standard InChI is InChI=1S/C27H34N4O2/c1-20-9-7-8-12-23(20)17-25-21(2)28-26(22-10-5-4-6-11-22)29-27(25)31-15-13-30(14-16-31)18-24(32)19-33-3/h4-12,24,32H,13-19H2,1-3H3/t24-/m1/s1. The molecule has 0 aliphatic carbocycles. The van der Waals surface area contributed by atoms with Gasteiger partial charge in [0.05, 0.1) is 12.7 Å². The molecule has 2 aromatic carbocycles. The van der Waals surface area contributed by atoms with Crippen molar-refractivity contribution in [2.45, 2.75) is 26.4 Å². The number of rotatable bonds is 8. The molecule has 0 spiro atoms. The van der Waals surface area contributed by atoms with Crippen LogP contribution in [0.15, 0.2) is 54.6 Å². The van der Waals surface area contributed by atoms with E-state index in [0.29, 0.717) is 13.2 Å². The number of benzene rings is 2. The average molecular weight is 447 g/mol. The summed E-state index contributed by atoms with van der Waals surface area (Å²) in [5, 5.41) is 10.1. The number of aliphatic hydroxyl groups excluding tert-OH is 1. The zero-order valence-corrected chi connectivity index (χ0v) is 19.9. The first-order valence-corrected chi connectivity index (χ1v) is 11.7. The number of anilines is 1. The van der Waals surface area contributed by atoms with Gasteiger partial charge < -0.3 is 14.7 Å². The van der Waals surface area contributed by atoms with Crippen LogP contribution in [0.4, 0.5) is 5.82 Å². The second-order valence-electron chi connectivity index (χ2n) is 8.80. The summed E-state index contributed by atoms with van der Waals surface area (Å²) in [5.74, 6) is 1.80. The van der Waals surface area contributed by atoms with Gasteiger partial charge >= 0.3 is 0 Å². The predicted molar refractivity (Wildman–Crippen MR) is 133 cm³/mol. The van der Waals surface area contributed by atoms with Crippen LogP contribution in [0.25, 0.3) is 11.4 Å². The van der Waals surface area contributed by atoms with Crippen molar-refractivity contribution in [3.8, 4) is 11.4 Å². The lowest BCUT2D eigenvalue weighted by Crippen LogP contribution is -2.49. The molecule has 33 heavy (non-hydrogen) atoms. The molecular weight excluding hydrogens is 412 g/mol. The van der Waals surface area contributed by atoms with E-state index in [9.17, 15) is 5.11 Å². The zero-order valence-electron chi connectivity index (χ0n) is 19.9. The van der Waals surface area contributed by atoms with E-state index in [-0.39, 0.29) is 0 Å². The lowest BCUT2D eigenvalue weighted by atomic mass is 9.99. The van der Waals surface area contributed by atoms with E-state index in [1.165, 1.54) is 16.7 Å². The first-order chi connectivity index (χ1) is 16.0. The van der Waals surface area contributed by atoms with Crippen LogP contribution in [0.1, 0.15) is 22.4 Å². The van der Waals surface area contributed by atoms with Crippen molar-refractivity contribution in [1.82, 2.24) is 14.9 Å². The number of aromatic nitrogens is 2. The van der Waals surface area contributed by atoms with Gasteiger partial charge in [0.1, 0.15) is 5.82 Å². The maximum atomic E-state index is 10.1. The fourth-order valence-corrected chi connectivity index (χ4v) is 4.45. The minimum absolute atomic E-state index is 0.367. The maximum absolute atomic E-state index is 10.1. The highest BCUT2D eigenvalue weighted by molar-refractivity contribution is 5.61. The summed E-state index contributed by atoms with van der Waals surface area (Å²) < 4.78 is 5.08. The van der Waals surface area contributed by atoms with Gasteiger partial charge in [-0.15, -0.1) is 0 Å². The molecule has 1 aliphatic heterocycles. The number of ether oxygens (including phenoxy) is 1. The summed E-state index contributed by atoms with van der Waals surface area (Å²) >= 11 is 0. The largest absolute Gasteiger partial charge is 0.389 e. The van der Waals surface area contributed by atoms with Crippen LogP contribution in [-0.4, -0.2) is 72.5 Å². The van der Waals surface area contributed by atoms with Crippen molar-refractivity contribution in [2.24, 2.45) is 0 Å². The molecule has 0 bridgehead atoms. The van der Waals surface area contributed by atoms with E-state index in [2.05, 4.69) is 60.0 Å². The lowest BCUT2D eigenvalue weighted by molar-refractivity contribution is 0.0365. The molecule has 3 aromatic rings. The Morgan fingerprint density at radius 1 is 0.939 bits per heavy atom. The molecule has 0 amide bonds. The fourth-order valence-electron chi connectivity index (χ4n) is 4.45. The summed E-state index contributed by atoms with van der Waals surface area (Å²) in [6.45, 7) is 8.76. The van der Waals surface area contributed by atoms with Crippen LogP contribution >= 0.6 is 0 Å². The molecule has 174 valence electrons. The number of hydrogen-bond acceptors (Lipinski definition) is 6. The highest BCUT2D eigenvalue weighted by Gasteiger charge is 2.24. The number of aliphatic hydroxyl groups is 1. The monoisotopic (exact) mass is 446 g/mol. The Bertz CT molecular complexity index is 1050. The second kappa shape index (κ2) is 10.9. The van der Waals surface area contributed by atoms with E-state index in [1.807, 2.05) is 18.2 Å². The molecule has 1 N–H and O–H groups in total. The smallest absolute Gasteiger partial charge is 0.161 e. The Morgan fingerprint density at radius 3 is 2.33 bits per heavy atom. The molecule has 0 radical (unpaired) electrons. The van der Waals surface area contributed by atoms with Crippen LogP contribution in [0.5, 0.6) is 0 Å². The number of β-amino-alcohol motifs (C(OH)–C–C–N with tert-alkyl or cyclic N) is 1. The summed E-state index contributed by atoms with van der Waals surface area (Å²) in [7, 11) is 1.62. The molecule has 2 heterocycles. The van der Waals surface area contributed by atoms with Gasteiger partial charge in [-0.25, -0.2) is 9.97 Å². The van der Waals surface area contributed by atoms with Crippen LogP contribution in [0.3, 0.4) is 0 Å². The molecule has 1 aromatic heterocycles. The molecule has 0 saturated carbocycles. The third-order valence-corrected chi connectivity index (χ3v) is 6.35. The van der Waals surface area contributed by atoms with Crippen molar-refractivity contribution >= 4 is 5.82 Å². The molecule has 6 heteroatoms. The minimum atomic E-state index is -0.454. The van der Waals surface area contributed by atoms with E-state index >= 15 is 0 Å². The third kappa shape index (κ3) is 5.77. The van der Waals surface area contributed by atoms with Crippen LogP contribution in [0, 0.1) is 13.8 Å². The Hall–Kier alpha value is -2.80. The van der Waals surface area contributed by atoms with Crippen molar-refractivity contribution < 1.29 is 9.84 Å². The molecule has 6 nitrogen and oxygen atoms in total. The summed E-state index contributed by atoms with van der Waals surface area (Å²) in [6, 6.07) is 18.7. The number of hydrogen-bond donors (Lipinski definition) is 1. The van der Waals surface area contributed by atoms with Crippen LogP contribution in [0.2, 0.25) is 0 Å². The molecule has 1 atom stereocenters. The average Bonchev–Trinajstić information content (AvgIpc) is 2.83. The molecule has 4 rings (SSSR count). The number of methoxy groups -OCH3 is 1. The maximum Gasteiger partial charge on any atom is 0.161 e. The number of aryl methyl sites for hydroxylation is 2. The van der Waals surface area contributed by atoms with Gasteiger partial charge in [0, 0.05) is 63.1 Å². The van der Waals surface area contributed by atoms with Crippen molar-refractivity contribution in [3.63, 3.8) is 0 Å². The van der Waals surface area contributed by atoms with Gasteiger partial charge in [-0.1, -0.05) is 54.6 Å². The van der Waals surface area contributed by atoms with Crippen molar-refractivity contribution in [1.29, 1.82) is 0 Å². The Labute approximate surface area is 196 Å². The highest BCUT2D eigenvalue weighted by Crippen LogP contribution is 2.29. The number of piperazine rings is 1. The SMILES string of the molecule is COC[C@H](O)CN1CCN(c2nc(-c3ccccc3)nc(C)c2Cc2ccccc2C)CC1. The molecule has 1 aliphatic rings. The molecule has 1 saturated heterocycles. The summed E-state index contributed by atoms with van der Waals surface area (Å²) in [4.78, 5) is 14.7. The first-order valence-electron chi connectivity index (χ1n) is 11.7. The Kier molecular flexibility index (Phi) is 7.70. The van der Waals surface area contributed by atoms with Gasteiger partial charge in [-0.3, -0.25) is 4.90 Å². The molecular formula is C27H34N4O2. The zero-order chi connectivity index (χ0) is 23.2. The second-order valence-corrected chi connectivity index (χ2v) is 8.80. The van der Waals surface area contributed by atoms with Crippen LogP contribution in [-0.2, 0) is 11.2 Å². The first kappa shape index (κ1) is 23.4. The third-order valence-electron chi connectivity index (χ3n) is 6.35. The molecule has 1 fully saturated rings. The van der Waals surface area contributed by atoms with Gasteiger partial charge in [0.2, 0.25) is 0 Å². The topological polar surface area (TPSA) is 61.7 Å². The summed E-state index contributed by atoms with van der Waals surface area (Å²) in [6.07, 6.45) is 0.361. The normalized spacial score (nSPS) is 15.6. The van der Waals surface area contributed by atoms with Crippen molar-refractivity contribution in [2.75, 3.05) is 51.3 Å².